The van der Waals surface area contributed by atoms with Crippen molar-refractivity contribution in [1.29, 1.82) is 5.26 Å². The van der Waals surface area contributed by atoms with Crippen LogP contribution in [-0.4, -0.2) is 26.0 Å². The van der Waals surface area contributed by atoms with Crippen LogP contribution in [0.3, 0.4) is 0 Å². The van der Waals surface area contributed by atoms with Gasteiger partial charge in [0.1, 0.15) is 18.4 Å². The van der Waals surface area contributed by atoms with Crippen molar-refractivity contribution < 1.29 is 5.11 Å². The molecule has 1 aliphatic carbocycles. The van der Waals surface area contributed by atoms with Crippen LogP contribution in [0.4, 0.5) is 0 Å². The minimum atomic E-state index is 0.00545. The van der Waals surface area contributed by atoms with Gasteiger partial charge in [0, 0.05) is 0 Å². The summed E-state index contributed by atoms with van der Waals surface area (Å²) >= 11 is 3.38. The number of nitrogens with zero attached hydrogens (tertiary/aromatic N) is 5. The molecule has 7 heteroatoms. The van der Waals surface area contributed by atoms with Crippen LogP contribution in [-0.2, 0) is 6.54 Å². The molecule has 1 N–H and O–H groups in total. The van der Waals surface area contributed by atoms with E-state index in [1.54, 1.807) is 18.7 Å². The predicted molar refractivity (Wildman–Crippen MR) is 114 cm³/mol. The SMILES string of the molecule is N#CC1=CCC(N(Cc2ccc(O)c(Br)c2)n2cnnc2)C=C1c1ccccc1. The molecule has 4 rings (SSSR count). The maximum absolute atomic E-state index is 9.79. The first-order valence-electron chi connectivity index (χ1n) is 9.12. The number of aromatic nitrogens is 3. The summed E-state index contributed by atoms with van der Waals surface area (Å²) in [5.41, 5.74) is 3.65. The minimum Gasteiger partial charge on any atom is -0.507 e. The van der Waals surface area contributed by atoms with Gasteiger partial charge < -0.3 is 5.11 Å². The molecule has 1 heterocycles. The molecule has 0 bridgehead atoms. The summed E-state index contributed by atoms with van der Waals surface area (Å²) < 4.78 is 2.50. The average molecular weight is 448 g/mol. The Morgan fingerprint density at radius 2 is 1.93 bits per heavy atom. The van der Waals surface area contributed by atoms with Crippen LogP contribution in [0, 0.1) is 11.3 Å². The monoisotopic (exact) mass is 447 g/mol. The Kier molecular flexibility index (Phi) is 5.45. The highest BCUT2D eigenvalue weighted by Crippen LogP contribution is 2.30. The Labute approximate surface area is 177 Å². The Morgan fingerprint density at radius 1 is 1.17 bits per heavy atom. The average Bonchev–Trinajstić information content (AvgIpc) is 3.29. The molecule has 0 saturated carbocycles. The molecular formula is C22H18BrN5O. The maximum atomic E-state index is 9.79. The number of hydrogen-bond acceptors (Lipinski definition) is 5. The number of halogens is 1. The van der Waals surface area contributed by atoms with E-state index in [0.29, 0.717) is 23.0 Å². The van der Waals surface area contributed by atoms with E-state index in [0.717, 1.165) is 16.7 Å². The fourth-order valence-electron chi connectivity index (χ4n) is 3.42. The van der Waals surface area contributed by atoms with Gasteiger partial charge in [-0.25, -0.2) is 4.68 Å². The van der Waals surface area contributed by atoms with Crippen molar-refractivity contribution in [2.24, 2.45) is 0 Å². The van der Waals surface area contributed by atoms with Gasteiger partial charge in [0.25, 0.3) is 0 Å². The zero-order chi connectivity index (χ0) is 20.2. The molecule has 0 aliphatic heterocycles. The van der Waals surface area contributed by atoms with E-state index in [9.17, 15) is 10.4 Å². The van der Waals surface area contributed by atoms with Gasteiger partial charge in [-0.2, -0.15) is 5.26 Å². The minimum absolute atomic E-state index is 0.00545. The molecule has 0 saturated heterocycles. The first kappa shape index (κ1) is 19.0. The Morgan fingerprint density at radius 3 is 2.62 bits per heavy atom. The number of allylic oxidation sites excluding steroid dienone is 2. The second-order valence-corrected chi connectivity index (χ2v) is 7.56. The third-order valence-electron chi connectivity index (χ3n) is 4.86. The number of phenols is 1. The van der Waals surface area contributed by atoms with Crippen molar-refractivity contribution >= 4 is 21.5 Å². The molecule has 144 valence electrons. The number of phenolic OH excluding ortho intramolecular Hbond substituents is 1. The zero-order valence-corrected chi connectivity index (χ0v) is 17.1. The lowest BCUT2D eigenvalue weighted by Crippen LogP contribution is -2.42. The molecule has 3 aromatic rings. The molecule has 1 aliphatic rings. The topological polar surface area (TPSA) is 78.0 Å². The predicted octanol–water partition coefficient (Wildman–Crippen LogP) is 4.19. The van der Waals surface area contributed by atoms with Gasteiger partial charge in [-0.15, -0.1) is 10.2 Å². The molecule has 1 atom stereocenters. The van der Waals surface area contributed by atoms with Crippen molar-refractivity contribution in [3.05, 3.63) is 94.5 Å². The van der Waals surface area contributed by atoms with E-state index < -0.39 is 0 Å². The van der Waals surface area contributed by atoms with E-state index in [1.807, 2.05) is 53.2 Å². The summed E-state index contributed by atoms with van der Waals surface area (Å²) in [5, 5.41) is 29.4. The van der Waals surface area contributed by atoms with E-state index in [4.69, 9.17) is 0 Å². The van der Waals surface area contributed by atoms with Gasteiger partial charge in [-0.1, -0.05) is 48.6 Å². The number of hydrogen-bond donors (Lipinski definition) is 1. The van der Waals surface area contributed by atoms with Crippen LogP contribution < -0.4 is 5.01 Å². The first-order valence-corrected chi connectivity index (χ1v) is 9.92. The number of aromatic hydroxyl groups is 1. The van der Waals surface area contributed by atoms with Crippen molar-refractivity contribution in [2.45, 2.75) is 19.0 Å². The fourth-order valence-corrected chi connectivity index (χ4v) is 3.84. The third-order valence-corrected chi connectivity index (χ3v) is 5.50. The Balaban J connectivity index is 1.71. The van der Waals surface area contributed by atoms with Crippen LogP contribution in [0.15, 0.2) is 83.4 Å². The molecule has 0 amide bonds. The van der Waals surface area contributed by atoms with Crippen LogP contribution in [0.5, 0.6) is 5.75 Å². The van der Waals surface area contributed by atoms with Crippen LogP contribution in [0.25, 0.3) is 5.57 Å². The summed E-state index contributed by atoms with van der Waals surface area (Å²) in [6.45, 7) is 0.579. The van der Waals surface area contributed by atoms with E-state index >= 15 is 0 Å². The summed E-state index contributed by atoms with van der Waals surface area (Å²) in [7, 11) is 0. The van der Waals surface area contributed by atoms with E-state index in [1.165, 1.54) is 0 Å². The van der Waals surface area contributed by atoms with Gasteiger partial charge in [-0.3, -0.25) is 5.01 Å². The second-order valence-electron chi connectivity index (χ2n) is 6.70. The van der Waals surface area contributed by atoms with Crippen LogP contribution in [0.1, 0.15) is 17.5 Å². The zero-order valence-electron chi connectivity index (χ0n) is 15.5. The van der Waals surface area contributed by atoms with Gasteiger partial charge in [0.15, 0.2) is 0 Å². The third kappa shape index (κ3) is 4.08. The van der Waals surface area contributed by atoms with Gasteiger partial charge in [-0.05, 0) is 51.2 Å². The van der Waals surface area contributed by atoms with E-state index in [-0.39, 0.29) is 11.8 Å². The standard InChI is InChI=1S/C22H18BrN5O/c23-21-10-16(6-9-22(21)29)13-28(27-14-25-26-15-27)19-8-7-18(12-24)20(11-19)17-4-2-1-3-5-17/h1-7,9-11,14-15,19,29H,8,13H2. The molecule has 29 heavy (non-hydrogen) atoms. The largest absolute Gasteiger partial charge is 0.507 e. The van der Waals surface area contributed by atoms with Gasteiger partial charge in [0.2, 0.25) is 0 Å². The number of rotatable bonds is 5. The second kappa shape index (κ2) is 8.33. The maximum Gasteiger partial charge on any atom is 0.139 e. The smallest absolute Gasteiger partial charge is 0.139 e. The first-order chi connectivity index (χ1) is 14.2. The quantitative estimate of drug-likeness (QED) is 0.634. The Bertz CT molecular complexity index is 1100. The van der Waals surface area contributed by atoms with Crippen molar-refractivity contribution in [3.8, 4) is 11.8 Å². The highest BCUT2D eigenvalue weighted by atomic mass is 79.9. The van der Waals surface area contributed by atoms with Crippen molar-refractivity contribution in [3.63, 3.8) is 0 Å². The lowest BCUT2D eigenvalue weighted by atomic mass is 9.90. The summed E-state index contributed by atoms with van der Waals surface area (Å²) in [6.07, 6.45) is 8.13. The lowest BCUT2D eigenvalue weighted by Gasteiger charge is -2.33. The molecule has 1 unspecified atom stereocenters. The van der Waals surface area contributed by atoms with Crippen molar-refractivity contribution in [2.75, 3.05) is 5.01 Å². The molecule has 1 aromatic heterocycles. The molecule has 0 spiro atoms. The highest BCUT2D eigenvalue weighted by Gasteiger charge is 2.23. The Hall–Kier alpha value is -3.37. The molecular weight excluding hydrogens is 430 g/mol. The summed E-state index contributed by atoms with van der Waals surface area (Å²) in [4.78, 5) is 0. The number of benzene rings is 2. The van der Waals surface area contributed by atoms with Crippen molar-refractivity contribution in [1.82, 2.24) is 14.9 Å². The number of nitriles is 1. The van der Waals surface area contributed by atoms with Gasteiger partial charge in [0.05, 0.1) is 28.7 Å². The summed E-state index contributed by atoms with van der Waals surface area (Å²) in [6, 6.07) is 17.7. The van der Waals surface area contributed by atoms with E-state index in [2.05, 4.69) is 43.3 Å². The van der Waals surface area contributed by atoms with Crippen LogP contribution in [0.2, 0.25) is 0 Å². The molecule has 0 fully saturated rings. The van der Waals surface area contributed by atoms with Crippen LogP contribution >= 0.6 is 15.9 Å². The molecule has 2 aromatic carbocycles. The fraction of sp³-hybridized carbons (Fsp3) is 0.136. The normalized spacial score (nSPS) is 15.9. The summed E-state index contributed by atoms with van der Waals surface area (Å²) in [5.74, 6) is 0.204. The molecule has 6 nitrogen and oxygen atoms in total. The highest BCUT2D eigenvalue weighted by molar-refractivity contribution is 9.10. The molecule has 0 radical (unpaired) electrons. The van der Waals surface area contributed by atoms with Gasteiger partial charge >= 0.3 is 0 Å². The lowest BCUT2D eigenvalue weighted by molar-refractivity contribution is 0.471.